The number of carbonyl (C=O) groups is 1. The molecule has 0 aliphatic heterocycles. The molecule has 3 rings (SSSR count). The molecular formula is C20H24ClN3O4. The number of halogens is 1. The Morgan fingerprint density at radius 3 is 2.50 bits per heavy atom. The lowest BCUT2D eigenvalue weighted by Gasteiger charge is -2.12. The minimum Gasteiger partial charge on any atom is -0.506 e. The number of hydrogen-bond donors (Lipinski definition) is 4. The van der Waals surface area contributed by atoms with E-state index in [2.05, 4.69) is 20.9 Å². The summed E-state index contributed by atoms with van der Waals surface area (Å²) >= 11 is 0. The van der Waals surface area contributed by atoms with Gasteiger partial charge < -0.3 is 25.1 Å². The Labute approximate surface area is 168 Å². The van der Waals surface area contributed by atoms with Crippen LogP contribution >= 0.6 is 12.4 Å². The molecule has 0 bridgehead atoms. The number of aromatic hydroxyl groups is 1. The normalized spacial score (nSPS) is 11.0. The van der Waals surface area contributed by atoms with Crippen molar-refractivity contribution in [3.05, 3.63) is 51.4 Å². The van der Waals surface area contributed by atoms with Gasteiger partial charge in [-0.05, 0) is 38.0 Å². The number of likely N-dealkylation sites (N-methyl/N-ethyl adjacent to an activating group) is 1. The molecule has 0 atom stereocenters. The molecule has 0 radical (unpaired) electrons. The molecule has 0 saturated carbocycles. The summed E-state index contributed by atoms with van der Waals surface area (Å²) in [6, 6.07) is 7.80. The van der Waals surface area contributed by atoms with Crippen molar-refractivity contribution in [3.63, 3.8) is 0 Å². The fraction of sp³-hybridized carbons (Fsp3) is 0.300. The topological polar surface area (TPSA) is 109 Å². The number of nitrogens with one attached hydrogen (secondary N) is 2. The number of aromatic amines is 2. The van der Waals surface area contributed by atoms with E-state index >= 15 is 0 Å². The van der Waals surface area contributed by atoms with Crippen LogP contribution in [0.5, 0.6) is 5.75 Å². The quantitative estimate of drug-likeness (QED) is 0.504. The lowest BCUT2D eigenvalue weighted by atomic mass is 10.00. The van der Waals surface area contributed by atoms with Crippen molar-refractivity contribution in [1.29, 1.82) is 0 Å². The lowest BCUT2D eigenvalue weighted by Crippen LogP contribution is -2.20. The van der Waals surface area contributed by atoms with Crippen molar-refractivity contribution >= 4 is 29.3 Å². The number of rotatable bonds is 6. The number of benzene rings is 1. The van der Waals surface area contributed by atoms with Crippen LogP contribution < -0.4 is 5.56 Å². The molecule has 7 nitrogen and oxygen atoms in total. The zero-order valence-electron chi connectivity index (χ0n) is 16.0. The number of carboxylic acid groups (broad SMARTS) is 1. The van der Waals surface area contributed by atoms with Gasteiger partial charge in [-0.3, -0.25) is 4.79 Å². The van der Waals surface area contributed by atoms with Gasteiger partial charge in [0.2, 0.25) is 0 Å². The molecule has 8 heteroatoms. The van der Waals surface area contributed by atoms with E-state index in [9.17, 15) is 19.8 Å². The highest BCUT2D eigenvalue weighted by Gasteiger charge is 2.22. The average Bonchev–Trinajstić information content (AvgIpc) is 3.01. The zero-order valence-corrected chi connectivity index (χ0v) is 16.8. The molecule has 0 aliphatic carbocycles. The molecule has 0 fully saturated rings. The monoisotopic (exact) mass is 405 g/mol. The van der Waals surface area contributed by atoms with E-state index in [0.717, 1.165) is 29.6 Å². The van der Waals surface area contributed by atoms with Crippen LogP contribution in [0.4, 0.5) is 0 Å². The minimum absolute atomic E-state index is 0. The summed E-state index contributed by atoms with van der Waals surface area (Å²) in [5.74, 6) is -1.91. The third-order valence-corrected chi connectivity index (χ3v) is 4.65. The van der Waals surface area contributed by atoms with Crippen LogP contribution in [0.25, 0.3) is 22.2 Å². The first-order valence-electron chi connectivity index (χ1n) is 8.80. The van der Waals surface area contributed by atoms with Gasteiger partial charge in [0.1, 0.15) is 5.75 Å². The second-order valence-corrected chi connectivity index (χ2v) is 6.84. The summed E-state index contributed by atoms with van der Waals surface area (Å²) in [5.41, 5.74) is 2.16. The van der Waals surface area contributed by atoms with Gasteiger partial charge in [0.05, 0.1) is 5.69 Å². The number of hydrogen-bond acceptors (Lipinski definition) is 4. The van der Waals surface area contributed by atoms with Crippen LogP contribution in [0.1, 0.15) is 28.5 Å². The van der Waals surface area contributed by atoms with E-state index < -0.39 is 22.8 Å². The van der Waals surface area contributed by atoms with E-state index in [1.807, 2.05) is 32.3 Å². The van der Waals surface area contributed by atoms with Crippen molar-refractivity contribution in [3.8, 4) is 17.0 Å². The first-order chi connectivity index (χ1) is 12.8. The van der Waals surface area contributed by atoms with Crippen molar-refractivity contribution in [2.75, 3.05) is 20.6 Å². The largest absolute Gasteiger partial charge is 0.506 e. The Morgan fingerprint density at radius 1 is 1.18 bits per heavy atom. The fourth-order valence-electron chi connectivity index (χ4n) is 3.24. The van der Waals surface area contributed by atoms with Crippen LogP contribution in [-0.4, -0.2) is 51.7 Å². The predicted octanol–water partition coefficient (Wildman–Crippen LogP) is 3.02. The van der Waals surface area contributed by atoms with Gasteiger partial charge in [-0.1, -0.05) is 19.1 Å². The molecule has 4 N–H and O–H groups in total. The summed E-state index contributed by atoms with van der Waals surface area (Å²) in [6.07, 6.45) is 1.28. The zero-order chi connectivity index (χ0) is 19.7. The molecule has 0 amide bonds. The maximum atomic E-state index is 12.2. The Kier molecular flexibility index (Phi) is 6.53. The van der Waals surface area contributed by atoms with Gasteiger partial charge >= 0.3 is 5.97 Å². The van der Waals surface area contributed by atoms with Gasteiger partial charge in [0.15, 0.2) is 5.56 Å². The predicted molar refractivity (Wildman–Crippen MR) is 112 cm³/mol. The van der Waals surface area contributed by atoms with Gasteiger partial charge in [-0.15, -0.1) is 12.4 Å². The second-order valence-electron chi connectivity index (χ2n) is 6.84. The van der Waals surface area contributed by atoms with Crippen LogP contribution in [0.2, 0.25) is 0 Å². The van der Waals surface area contributed by atoms with E-state index in [-0.39, 0.29) is 12.4 Å². The fourth-order valence-corrected chi connectivity index (χ4v) is 3.24. The highest BCUT2D eigenvalue weighted by Crippen LogP contribution is 2.31. The van der Waals surface area contributed by atoms with Gasteiger partial charge in [-0.25, -0.2) is 4.79 Å². The maximum absolute atomic E-state index is 12.2. The molecular weight excluding hydrogens is 382 g/mol. The number of fused-ring (bicyclic) bond motifs is 1. The molecule has 28 heavy (non-hydrogen) atoms. The number of pyridine rings is 1. The minimum atomic E-state index is -1.44. The first kappa shape index (κ1) is 21.5. The molecule has 0 spiro atoms. The number of nitrogens with zero attached hydrogens (tertiary/aromatic N) is 1. The first-order valence-corrected chi connectivity index (χ1v) is 8.80. The molecule has 2 aromatic heterocycles. The van der Waals surface area contributed by atoms with Crippen LogP contribution in [0, 0.1) is 0 Å². The molecule has 3 aromatic rings. The standard InChI is InChI=1S/C20H23N3O4.ClH/c1-4-14-17(22-19(25)16(18(14)24)20(26)27)12-6-5-11-9-13(7-8-23(2)3)21-15(11)10-12;/h5-6,9-10,21H,4,7-8H2,1-3H3,(H,26,27)(H2,22,24,25);1H. The number of aromatic carboxylic acids is 1. The summed E-state index contributed by atoms with van der Waals surface area (Å²) in [4.78, 5) is 31.5. The van der Waals surface area contributed by atoms with Crippen molar-refractivity contribution in [2.45, 2.75) is 19.8 Å². The smallest absolute Gasteiger partial charge is 0.345 e. The van der Waals surface area contributed by atoms with Gasteiger partial charge in [0.25, 0.3) is 5.56 Å². The van der Waals surface area contributed by atoms with Crippen molar-refractivity contribution < 1.29 is 15.0 Å². The van der Waals surface area contributed by atoms with Crippen molar-refractivity contribution in [1.82, 2.24) is 14.9 Å². The Hall–Kier alpha value is -2.77. The Balaban J connectivity index is 0.00000280. The number of H-pyrrole nitrogens is 2. The highest BCUT2D eigenvalue weighted by molar-refractivity contribution is 5.92. The number of carboxylic acids is 1. The molecule has 0 unspecified atom stereocenters. The molecule has 2 heterocycles. The third-order valence-electron chi connectivity index (χ3n) is 4.65. The van der Waals surface area contributed by atoms with Crippen LogP contribution in [0.3, 0.4) is 0 Å². The third kappa shape index (κ3) is 4.05. The summed E-state index contributed by atoms with van der Waals surface area (Å²) in [7, 11) is 4.05. The van der Waals surface area contributed by atoms with Crippen LogP contribution in [0.15, 0.2) is 29.1 Å². The molecule has 0 aliphatic rings. The number of aromatic nitrogens is 2. The van der Waals surface area contributed by atoms with Gasteiger partial charge in [-0.2, -0.15) is 0 Å². The highest BCUT2D eigenvalue weighted by atomic mass is 35.5. The lowest BCUT2D eigenvalue weighted by molar-refractivity contribution is 0.0691. The summed E-state index contributed by atoms with van der Waals surface area (Å²) in [5, 5.41) is 20.5. The summed E-state index contributed by atoms with van der Waals surface area (Å²) < 4.78 is 0. The second kappa shape index (κ2) is 8.50. The van der Waals surface area contributed by atoms with Crippen LogP contribution in [-0.2, 0) is 12.8 Å². The SMILES string of the molecule is CCc1c(-c2ccc3cc(CCN(C)C)[nH]c3c2)[nH]c(=O)c(C(=O)O)c1O.Cl. The van der Waals surface area contributed by atoms with E-state index in [0.29, 0.717) is 23.2 Å². The van der Waals surface area contributed by atoms with E-state index in [4.69, 9.17) is 0 Å². The molecule has 0 saturated heterocycles. The Morgan fingerprint density at radius 2 is 1.89 bits per heavy atom. The summed E-state index contributed by atoms with van der Waals surface area (Å²) in [6.45, 7) is 2.73. The Bertz CT molecular complexity index is 1070. The van der Waals surface area contributed by atoms with E-state index in [1.165, 1.54) is 0 Å². The van der Waals surface area contributed by atoms with Gasteiger partial charge in [0, 0.05) is 35.3 Å². The average molecular weight is 406 g/mol. The molecule has 150 valence electrons. The maximum Gasteiger partial charge on any atom is 0.345 e. The van der Waals surface area contributed by atoms with Crippen molar-refractivity contribution in [2.24, 2.45) is 0 Å². The van der Waals surface area contributed by atoms with E-state index in [1.54, 1.807) is 6.92 Å². The molecule has 1 aromatic carbocycles.